The minimum absolute atomic E-state index is 0.235. The predicted molar refractivity (Wildman–Crippen MR) is 40.6 cm³/mol. The Hall–Kier alpha value is -0.160. The van der Waals surface area contributed by atoms with E-state index in [4.69, 9.17) is 4.74 Å². The second kappa shape index (κ2) is 5.49. The molecule has 0 saturated heterocycles. The number of halogens is 1. The molecule has 0 aliphatic heterocycles. The van der Waals surface area contributed by atoms with E-state index in [1.165, 1.54) is 0 Å². The summed E-state index contributed by atoms with van der Waals surface area (Å²) in [6.07, 6.45) is 1.13. The lowest BCUT2D eigenvalue weighted by molar-refractivity contribution is 0.135. The van der Waals surface area contributed by atoms with E-state index in [0.717, 1.165) is 6.42 Å². The van der Waals surface area contributed by atoms with Gasteiger partial charge in [0.1, 0.15) is 0 Å². The summed E-state index contributed by atoms with van der Waals surface area (Å²) in [6.45, 7) is 2.87. The van der Waals surface area contributed by atoms with Gasteiger partial charge in [-0.15, -0.1) is 3.89 Å². The first-order valence-corrected chi connectivity index (χ1v) is 5.11. The Morgan fingerprint density at radius 2 is 2.00 bits per heavy atom. The average Bonchev–Trinajstić information content (AvgIpc) is 1.85. The molecule has 0 N–H and O–H groups in total. The summed E-state index contributed by atoms with van der Waals surface area (Å²) in [7, 11) is -4.29. The summed E-state index contributed by atoms with van der Waals surface area (Å²) in [5, 5.41) is 0. The van der Waals surface area contributed by atoms with Crippen LogP contribution in [-0.2, 0) is 15.0 Å². The molecule has 11 heavy (non-hydrogen) atoms. The zero-order valence-electron chi connectivity index (χ0n) is 6.55. The van der Waals surface area contributed by atoms with Crippen LogP contribution in [-0.4, -0.2) is 27.4 Å². The topological polar surface area (TPSA) is 43.4 Å². The maximum Gasteiger partial charge on any atom is 0.302 e. The highest BCUT2D eigenvalue weighted by Crippen LogP contribution is 1.94. The van der Waals surface area contributed by atoms with Crippen molar-refractivity contribution in [3.63, 3.8) is 0 Å². The van der Waals surface area contributed by atoms with Crippen molar-refractivity contribution in [2.75, 3.05) is 19.0 Å². The Kier molecular flexibility index (Phi) is 5.41. The van der Waals surface area contributed by atoms with Gasteiger partial charge in [-0.25, -0.2) is 0 Å². The van der Waals surface area contributed by atoms with E-state index < -0.39 is 16.0 Å². The zero-order valence-corrected chi connectivity index (χ0v) is 7.36. The van der Waals surface area contributed by atoms with Crippen LogP contribution in [0.3, 0.4) is 0 Å². The molecular formula is C6H13FO3S. The highest BCUT2D eigenvalue weighted by molar-refractivity contribution is 7.86. The standard InChI is InChI=1S/C6H13FO3S/c1-2-4-10-5-3-6-11(7,8)9/h2-6H2,1H3. The van der Waals surface area contributed by atoms with Crippen LogP contribution in [0.25, 0.3) is 0 Å². The van der Waals surface area contributed by atoms with Gasteiger partial charge in [0.15, 0.2) is 0 Å². The fourth-order valence-corrected chi connectivity index (χ4v) is 1.04. The highest BCUT2D eigenvalue weighted by atomic mass is 32.3. The molecule has 0 bridgehead atoms. The summed E-state index contributed by atoms with van der Waals surface area (Å²) in [6, 6.07) is 0. The van der Waals surface area contributed by atoms with Gasteiger partial charge >= 0.3 is 10.2 Å². The lowest BCUT2D eigenvalue weighted by atomic mass is 10.5. The van der Waals surface area contributed by atoms with Gasteiger partial charge in [-0.2, -0.15) is 8.42 Å². The number of hydrogen-bond donors (Lipinski definition) is 0. The monoisotopic (exact) mass is 184 g/mol. The number of hydrogen-bond acceptors (Lipinski definition) is 3. The Morgan fingerprint density at radius 1 is 1.36 bits per heavy atom. The van der Waals surface area contributed by atoms with Crippen LogP contribution < -0.4 is 0 Å². The van der Waals surface area contributed by atoms with Crippen molar-refractivity contribution in [3.8, 4) is 0 Å². The van der Waals surface area contributed by atoms with Crippen LogP contribution in [0.1, 0.15) is 19.8 Å². The molecule has 0 aliphatic rings. The molecule has 0 saturated carbocycles. The fraction of sp³-hybridized carbons (Fsp3) is 1.00. The molecule has 0 spiro atoms. The van der Waals surface area contributed by atoms with Crippen molar-refractivity contribution >= 4 is 10.2 Å². The summed E-state index contributed by atoms with van der Waals surface area (Å²) >= 11 is 0. The molecule has 0 unspecified atom stereocenters. The van der Waals surface area contributed by atoms with Gasteiger partial charge in [-0.1, -0.05) is 6.92 Å². The van der Waals surface area contributed by atoms with Crippen LogP contribution >= 0.6 is 0 Å². The zero-order chi connectivity index (χ0) is 8.74. The molecule has 0 heterocycles. The molecule has 0 aromatic heterocycles. The molecule has 0 aromatic carbocycles. The number of ether oxygens (including phenoxy) is 1. The molecule has 3 nitrogen and oxygen atoms in total. The van der Waals surface area contributed by atoms with Gasteiger partial charge in [0.05, 0.1) is 5.75 Å². The third kappa shape index (κ3) is 9.84. The summed E-state index contributed by atoms with van der Waals surface area (Å²) in [4.78, 5) is 0. The van der Waals surface area contributed by atoms with E-state index in [2.05, 4.69) is 0 Å². The van der Waals surface area contributed by atoms with Crippen molar-refractivity contribution in [3.05, 3.63) is 0 Å². The van der Waals surface area contributed by atoms with E-state index in [-0.39, 0.29) is 6.42 Å². The third-order valence-corrected chi connectivity index (χ3v) is 1.80. The minimum Gasteiger partial charge on any atom is -0.381 e. The van der Waals surface area contributed by atoms with Crippen molar-refractivity contribution in [1.29, 1.82) is 0 Å². The first kappa shape index (κ1) is 10.8. The molecule has 0 aromatic rings. The van der Waals surface area contributed by atoms with E-state index >= 15 is 0 Å². The van der Waals surface area contributed by atoms with E-state index in [1.54, 1.807) is 0 Å². The average molecular weight is 184 g/mol. The molecule has 0 fully saturated rings. The second-order valence-corrected chi connectivity index (χ2v) is 3.69. The Labute approximate surface area is 66.8 Å². The Morgan fingerprint density at radius 3 is 2.45 bits per heavy atom. The van der Waals surface area contributed by atoms with Gasteiger partial charge in [-0.3, -0.25) is 0 Å². The summed E-state index contributed by atoms with van der Waals surface area (Å²) in [5.74, 6) is -0.434. The lowest BCUT2D eigenvalue weighted by Crippen LogP contribution is -2.03. The minimum atomic E-state index is -4.29. The van der Waals surface area contributed by atoms with Gasteiger partial charge in [0, 0.05) is 13.2 Å². The second-order valence-electron chi connectivity index (χ2n) is 2.21. The molecule has 68 valence electrons. The van der Waals surface area contributed by atoms with Gasteiger partial charge in [-0.05, 0) is 12.8 Å². The van der Waals surface area contributed by atoms with Crippen molar-refractivity contribution < 1.29 is 17.0 Å². The smallest absolute Gasteiger partial charge is 0.302 e. The van der Waals surface area contributed by atoms with Crippen LogP contribution in [0.4, 0.5) is 3.89 Å². The number of rotatable bonds is 6. The largest absolute Gasteiger partial charge is 0.381 e. The van der Waals surface area contributed by atoms with Crippen LogP contribution in [0, 0.1) is 0 Å². The van der Waals surface area contributed by atoms with E-state index in [0.29, 0.717) is 13.2 Å². The SMILES string of the molecule is CCCOCCCS(=O)(=O)F. The summed E-state index contributed by atoms with van der Waals surface area (Å²) < 4.78 is 36.6. The quantitative estimate of drug-likeness (QED) is 0.458. The maximum atomic E-state index is 11.8. The van der Waals surface area contributed by atoms with Crippen LogP contribution in [0.5, 0.6) is 0 Å². The van der Waals surface area contributed by atoms with Crippen molar-refractivity contribution in [2.24, 2.45) is 0 Å². The van der Waals surface area contributed by atoms with Crippen LogP contribution in [0.2, 0.25) is 0 Å². The first-order chi connectivity index (χ1) is 5.06. The van der Waals surface area contributed by atoms with Crippen LogP contribution in [0.15, 0.2) is 0 Å². The summed E-state index contributed by atoms with van der Waals surface area (Å²) in [5.41, 5.74) is 0. The van der Waals surface area contributed by atoms with Gasteiger partial charge in [0.25, 0.3) is 0 Å². The lowest BCUT2D eigenvalue weighted by Gasteiger charge is -1.98. The fourth-order valence-electron chi connectivity index (χ4n) is 0.580. The van der Waals surface area contributed by atoms with Gasteiger partial charge < -0.3 is 4.74 Å². The molecule has 0 amide bonds. The Balaban J connectivity index is 3.16. The molecular weight excluding hydrogens is 171 g/mol. The van der Waals surface area contributed by atoms with Crippen molar-refractivity contribution in [2.45, 2.75) is 19.8 Å². The molecule has 0 rings (SSSR count). The first-order valence-electron chi connectivity index (χ1n) is 3.56. The normalized spacial score (nSPS) is 11.8. The molecule has 0 atom stereocenters. The third-order valence-electron chi connectivity index (χ3n) is 1.03. The van der Waals surface area contributed by atoms with E-state index in [9.17, 15) is 12.3 Å². The predicted octanol–water partition coefficient (Wildman–Crippen LogP) is 1.10. The van der Waals surface area contributed by atoms with Gasteiger partial charge in [0.2, 0.25) is 0 Å². The van der Waals surface area contributed by atoms with E-state index in [1.807, 2.05) is 6.92 Å². The molecule has 5 heteroatoms. The maximum absolute atomic E-state index is 11.8. The van der Waals surface area contributed by atoms with Crippen molar-refractivity contribution in [1.82, 2.24) is 0 Å². The molecule has 0 aliphatic carbocycles. The highest BCUT2D eigenvalue weighted by Gasteiger charge is 2.05. The molecule has 0 radical (unpaired) electrons. The Bertz CT molecular complexity index is 176.